The molecule has 9 N–H and O–H groups in total. The molecular weight excluding hydrogens is 619 g/mol. The van der Waals surface area contributed by atoms with Crippen LogP contribution in [0.5, 0.6) is 0 Å². The number of carboxylic acids is 3. The van der Waals surface area contributed by atoms with Gasteiger partial charge in [0.2, 0.25) is 11.8 Å². The van der Waals surface area contributed by atoms with Crippen LogP contribution >= 0.6 is 0 Å². The SMILES string of the molecule is NCC1CCC(C(=O)N[C@@H](Cc2cc(F)c(F)c(F)c2)C(=O)NCCCC[C@H](NC(=O)N[C@@H](CCC(=O)O)C(=O)O)C(=O)O)CC1. The number of benzene rings is 1. The lowest BCUT2D eigenvalue weighted by atomic mass is 9.81. The van der Waals surface area contributed by atoms with Crippen molar-refractivity contribution in [1.82, 2.24) is 21.3 Å². The Balaban J connectivity index is 1.95. The van der Waals surface area contributed by atoms with Crippen molar-refractivity contribution < 1.29 is 57.3 Å². The monoisotopic (exact) mass is 659 g/mol. The lowest BCUT2D eigenvalue weighted by Gasteiger charge is -2.28. The molecule has 1 aromatic carbocycles. The van der Waals surface area contributed by atoms with Crippen LogP contribution in [0, 0.1) is 29.3 Å². The predicted molar refractivity (Wildman–Crippen MR) is 155 cm³/mol. The number of rotatable bonds is 18. The minimum Gasteiger partial charge on any atom is -0.481 e. The fourth-order valence-corrected chi connectivity index (χ4v) is 5.07. The Bertz CT molecular complexity index is 1240. The van der Waals surface area contributed by atoms with Crippen LogP contribution in [-0.2, 0) is 30.4 Å². The minimum absolute atomic E-state index is 0.00619. The van der Waals surface area contributed by atoms with Gasteiger partial charge in [-0.25, -0.2) is 27.6 Å². The second kappa shape index (κ2) is 18.5. The quantitative estimate of drug-likeness (QED) is 0.0829. The number of nitrogens with one attached hydrogen (secondary N) is 4. The summed E-state index contributed by atoms with van der Waals surface area (Å²) in [6, 6.07) is -3.91. The summed E-state index contributed by atoms with van der Waals surface area (Å²) in [4.78, 5) is 71.8. The van der Waals surface area contributed by atoms with Gasteiger partial charge in [-0.3, -0.25) is 14.4 Å². The highest BCUT2D eigenvalue weighted by Crippen LogP contribution is 2.28. The number of hydrogen-bond acceptors (Lipinski definition) is 7. The van der Waals surface area contributed by atoms with E-state index in [9.17, 15) is 47.0 Å². The number of unbranched alkanes of at least 4 members (excludes halogenated alkanes) is 1. The first-order chi connectivity index (χ1) is 21.7. The van der Waals surface area contributed by atoms with E-state index in [2.05, 4.69) is 16.0 Å². The van der Waals surface area contributed by atoms with Crippen LogP contribution in [0.25, 0.3) is 0 Å². The smallest absolute Gasteiger partial charge is 0.326 e. The molecule has 1 fully saturated rings. The molecule has 0 aliphatic heterocycles. The Morgan fingerprint density at radius 3 is 1.89 bits per heavy atom. The predicted octanol–water partition coefficient (Wildman–Crippen LogP) is 1.25. The van der Waals surface area contributed by atoms with Crippen LogP contribution in [0.15, 0.2) is 12.1 Å². The third-order valence-corrected chi connectivity index (χ3v) is 7.74. The molecule has 3 atom stereocenters. The first kappa shape index (κ1) is 37.8. The maximum Gasteiger partial charge on any atom is 0.326 e. The highest BCUT2D eigenvalue weighted by atomic mass is 19.2. The molecule has 17 heteroatoms. The van der Waals surface area contributed by atoms with E-state index < -0.39 is 84.2 Å². The molecule has 0 aromatic heterocycles. The number of halogens is 3. The van der Waals surface area contributed by atoms with Crippen LogP contribution in [-0.4, -0.2) is 82.3 Å². The second-order valence-electron chi connectivity index (χ2n) is 11.2. The number of amides is 4. The summed E-state index contributed by atoms with van der Waals surface area (Å²) in [5.74, 6) is -9.96. The standard InChI is InChI=1S/C29H40F3N5O9/c30-18-11-16(12-19(31)24(18)32)13-22(35-25(40)17-6-4-15(14-33)5-7-17)26(41)34-10-2-1-3-20(27(42)43)36-29(46)37-21(28(44)45)8-9-23(38)39/h11-12,15,17,20-22H,1-10,13-14,33H2,(H,34,41)(H,35,40)(H,38,39)(H,42,43)(H,44,45)(H2,36,37,46)/t15?,17?,20-,21-,22-/m0/s1. The average molecular weight is 660 g/mol. The number of hydrogen-bond donors (Lipinski definition) is 8. The van der Waals surface area contributed by atoms with E-state index >= 15 is 0 Å². The van der Waals surface area contributed by atoms with Crippen molar-refractivity contribution in [1.29, 1.82) is 0 Å². The molecule has 0 heterocycles. The normalized spacial score (nSPS) is 18.0. The number of nitrogens with two attached hydrogens (primary N) is 1. The van der Waals surface area contributed by atoms with Crippen molar-refractivity contribution in [2.75, 3.05) is 13.1 Å². The molecule has 14 nitrogen and oxygen atoms in total. The fraction of sp³-hybridized carbons (Fsp3) is 0.586. The molecule has 1 aliphatic rings. The molecule has 1 saturated carbocycles. The minimum atomic E-state index is -1.67. The number of aliphatic carboxylic acids is 3. The molecule has 0 saturated heterocycles. The van der Waals surface area contributed by atoms with Gasteiger partial charge in [0, 0.05) is 25.3 Å². The maximum atomic E-state index is 13.8. The Morgan fingerprint density at radius 1 is 0.804 bits per heavy atom. The van der Waals surface area contributed by atoms with E-state index in [-0.39, 0.29) is 43.7 Å². The Kier molecular flexibility index (Phi) is 15.2. The first-order valence-corrected chi connectivity index (χ1v) is 14.9. The van der Waals surface area contributed by atoms with Crippen molar-refractivity contribution in [3.05, 3.63) is 35.1 Å². The van der Waals surface area contributed by atoms with Crippen molar-refractivity contribution in [2.45, 2.75) is 82.3 Å². The summed E-state index contributed by atoms with van der Waals surface area (Å²) >= 11 is 0. The summed E-state index contributed by atoms with van der Waals surface area (Å²) in [5.41, 5.74) is 5.64. The molecule has 0 bridgehead atoms. The van der Waals surface area contributed by atoms with Gasteiger partial charge in [0.15, 0.2) is 17.5 Å². The summed E-state index contributed by atoms with van der Waals surface area (Å²) in [6.07, 6.45) is 1.53. The van der Waals surface area contributed by atoms with Crippen molar-refractivity contribution in [3.8, 4) is 0 Å². The number of carbonyl (C=O) groups excluding carboxylic acids is 3. The van der Waals surface area contributed by atoms with E-state index in [0.717, 1.165) is 25.0 Å². The van der Waals surface area contributed by atoms with E-state index in [1.807, 2.05) is 5.32 Å². The van der Waals surface area contributed by atoms with Crippen molar-refractivity contribution in [3.63, 3.8) is 0 Å². The van der Waals surface area contributed by atoms with E-state index in [4.69, 9.17) is 15.9 Å². The van der Waals surface area contributed by atoms with Gasteiger partial charge in [0.05, 0.1) is 0 Å². The highest BCUT2D eigenvalue weighted by molar-refractivity contribution is 5.89. The lowest BCUT2D eigenvalue weighted by Crippen LogP contribution is -2.51. The van der Waals surface area contributed by atoms with Gasteiger partial charge >= 0.3 is 23.9 Å². The van der Waals surface area contributed by atoms with E-state index in [1.165, 1.54) is 0 Å². The van der Waals surface area contributed by atoms with Gasteiger partial charge in [-0.15, -0.1) is 0 Å². The summed E-state index contributed by atoms with van der Waals surface area (Å²) in [6.45, 7) is 0.491. The zero-order valence-corrected chi connectivity index (χ0v) is 25.0. The molecular formula is C29H40F3N5O9. The Morgan fingerprint density at radius 2 is 1.37 bits per heavy atom. The molecule has 0 radical (unpaired) electrons. The Labute approximate surface area is 262 Å². The molecule has 1 aromatic rings. The Hall–Kier alpha value is -4.41. The summed E-state index contributed by atoms with van der Waals surface area (Å²) < 4.78 is 41.1. The topological polar surface area (TPSA) is 237 Å². The summed E-state index contributed by atoms with van der Waals surface area (Å²) in [7, 11) is 0. The van der Waals surface area contributed by atoms with Crippen LogP contribution < -0.4 is 27.0 Å². The largest absolute Gasteiger partial charge is 0.481 e. The lowest BCUT2D eigenvalue weighted by molar-refractivity contribution is -0.141. The molecule has 2 rings (SSSR count). The number of urea groups is 1. The van der Waals surface area contributed by atoms with Gasteiger partial charge in [0.1, 0.15) is 18.1 Å². The van der Waals surface area contributed by atoms with Gasteiger partial charge in [0.25, 0.3) is 0 Å². The van der Waals surface area contributed by atoms with Gasteiger partial charge in [-0.05, 0) is 81.5 Å². The zero-order valence-electron chi connectivity index (χ0n) is 25.0. The molecule has 4 amide bonds. The van der Waals surface area contributed by atoms with Gasteiger partial charge < -0.3 is 42.3 Å². The first-order valence-electron chi connectivity index (χ1n) is 14.9. The van der Waals surface area contributed by atoms with Gasteiger partial charge in [-0.2, -0.15) is 0 Å². The third kappa shape index (κ3) is 12.5. The molecule has 0 spiro atoms. The van der Waals surface area contributed by atoms with E-state index in [0.29, 0.717) is 25.3 Å². The molecule has 256 valence electrons. The van der Waals surface area contributed by atoms with Crippen LogP contribution in [0.2, 0.25) is 0 Å². The van der Waals surface area contributed by atoms with Crippen LogP contribution in [0.1, 0.15) is 63.4 Å². The average Bonchev–Trinajstić information content (AvgIpc) is 3.00. The van der Waals surface area contributed by atoms with Crippen LogP contribution in [0.3, 0.4) is 0 Å². The molecule has 0 unspecified atom stereocenters. The molecule has 46 heavy (non-hydrogen) atoms. The van der Waals surface area contributed by atoms with Gasteiger partial charge in [-0.1, -0.05) is 0 Å². The summed E-state index contributed by atoms with van der Waals surface area (Å²) in [5, 5.41) is 36.7. The van der Waals surface area contributed by atoms with Crippen LogP contribution in [0.4, 0.5) is 18.0 Å². The third-order valence-electron chi connectivity index (χ3n) is 7.74. The zero-order chi connectivity index (χ0) is 34.4. The molecule has 1 aliphatic carbocycles. The van der Waals surface area contributed by atoms with Crippen molar-refractivity contribution >= 4 is 35.8 Å². The number of carboxylic acid groups (broad SMARTS) is 3. The highest BCUT2D eigenvalue weighted by Gasteiger charge is 2.30. The van der Waals surface area contributed by atoms with E-state index in [1.54, 1.807) is 0 Å². The number of carbonyl (C=O) groups is 6. The second-order valence-corrected chi connectivity index (χ2v) is 11.2. The maximum absolute atomic E-state index is 13.8. The van der Waals surface area contributed by atoms with Crippen molar-refractivity contribution in [2.24, 2.45) is 17.6 Å². The fourth-order valence-electron chi connectivity index (χ4n) is 5.07.